The average Bonchev–Trinajstić information content (AvgIpc) is 2.81. The molecule has 0 radical (unpaired) electrons. The van der Waals surface area contributed by atoms with Gasteiger partial charge in [-0.1, -0.05) is 76.9 Å². The molecule has 35 heavy (non-hydrogen) atoms. The first-order valence-corrected chi connectivity index (χ1v) is 13.9. The first-order chi connectivity index (χ1) is 16.8. The average molecular weight is 498 g/mol. The van der Waals surface area contributed by atoms with E-state index in [1.807, 2.05) is 0 Å². The van der Waals surface area contributed by atoms with Crippen LogP contribution in [0.4, 0.5) is 0 Å². The zero-order valence-electron chi connectivity index (χ0n) is 22.2. The second-order valence-corrected chi connectivity index (χ2v) is 9.94. The molecule has 7 heteroatoms. The highest BCUT2D eigenvalue weighted by molar-refractivity contribution is 5.67. The van der Waals surface area contributed by atoms with Crippen LogP contribution >= 0.6 is 0 Å². The highest BCUT2D eigenvalue weighted by atomic mass is 16.4. The van der Waals surface area contributed by atoms with Crippen molar-refractivity contribution < 1.29 is 34.2 Å². The van der Waals surface area contributed by atoms with Crippen LogP contribution in [0.15, 0.2) is 12.2 Å². The molecular formula is C28H51NO6. The maximum atomic E-state index is 11.1. The fourth-order valence-electron chi connectivity index (χ4n) is 4.54. The van der Waals surface area contributed by atoms with Gasteiger partial charge in [0.05, 0.1) is 39.0 Å². The molecule has 2 N–H and O–H groups in total. The van der Waals surface area contributed by atoms with Crippen molar-refractivity contribution in [3.63, 3.8) is 0 Å². The monoisotopic (exact) mass is 497 g/mol. The second kappa shape index (κ2) is 22.6. The molecule has 0 spiro atoms. The van der Waals surface area contributed by atoms with Gasteiger partial charge in [-0.3, -0.25) is 9.59 Å². The maximum Gasteiger partial charge on any atom is 0.309 e. The minimum Gasteiger partial charge on any atom is -0.550 e. The van der Waals surface area contributed by atoms with E-state index in [2.05, 4.69) is 19.1 Å². The number of rotatable bonds is 26. The third-order valence-electron chi connectivity index (χ3n) is 6.78. The summed E-state index contributed by atoms with van der Waals surface area (Å²) in [5, 5.41) is 29.2. The van der Waals surface area contributed by atoms with Gasteiger partial charge in [0, 0.05) is 12.4 Å². The summed E-state index contributed by atoms with van der Waals surface area (Å²) < 4.78 is 0.218. The van der Waals surface area contributed by atoms with Gasteiger partial charge in [-0.2, -0.15) is 0 Å². The molecule has 0 aliphatic rings. The summed E-state index contributed by atoms with van der Waals surface area (Å²) in [6, 6.07) is 0. The van der Waals surface area contributed by atoms with E-state index < -0.39 is 17.9 Å². The van der Waals surface area contributed by atoms with Crippen LogP contribution in [0.3, 0.4) is 0 Å². The van der Waals surface area contributed by atoms with Crippen molar-refractivity contribution >= 4 is 17.9 Å². The minimum absolute atomic E-state index is 0.0981. The van der Waals surface area contributed by atoms with E-state index in [4.69, 9.17) is 10.2 Å². The lowest BCUT2D eigenvalue weighted by Crippen LogP contribution is -2.53. The fourth-order valence-corrected chi connectivity index (χ4v) is 4.54. The van der Waals surface area contributed by atoms with Gasteiger partial charge in [-0.15, -0.1) is 0 Å². The van der Waals surface area contributed by atoms with Crippen LogP contribution in [0.5, 0.6) is 0 Å². The summed E-state index contributed by atoms with van der Waals surface area (Å²) in [6.07, 6.45) is 22.4. The topological polar surface area (TPSA) is 115 Å². The van der Waals surface area contributed by atoms with Crippen molar-refractivity contribution in [2.24, 2.45) is 0 Å². The predicted molar refractivity (Wildman–Crippen MR) is 138 cm³/mol. The molecule has 7 nitrogen and oxygen atoms in total. The quantitative estimate of drug-likeness (QED) is 0.0949. The van der Waals surface area contributed by atoms with Gasteiger partial charge < -0.3 is 24.6 Å². The van der Waals surface area contributed by atoms with Crippen LogP contribution in [0, 0.1) is 0 Å². The second-order valence-electron chi connectivity index (χ2n) is 9.94. The lowest BCUT2D eigenvalue weighted by atomic mass is 10.1. The van der Waals surface area contributed by atoms with Crippen LogP contribution in [-0.2, 0) is 14.4 Å². The molecular weight excluding hydrogens is 446 g/mol. The number of aliphatic carboxylic acids is 3. The Morgan fingerprint density at radius 3 is 1.43 bits per heavy atom. The van der Waals surface area contributed by atoms with Crippen molar-refractivity contribution in [2.75, 3.05) is 26.2 Å². The number of allylic oxidation sites excluding steroid dienone is 2. The summed E-state index contributed by atoms with van der Waals surface area (Å²) in [5.74, 6) is -3.09. The zero-order valence-corrected chi connectivity index (χ0v) is 22.2. The molecule has 0 rings (SSSR count). The molecule has 0 amide bonds. The summed E-state index contributed by atoms with van der Waals surface area (Å²) in [4.78, 5) is 33.2. The molecule has 0 bridgehead atoms. The van der Waals surface area contributed by atoms with E-state index in [9.17, 15) is 19.5 Å². The van der Waals surface area contributed by atoms with Crippen molar-refractivity contribution in [2.45, 2.75) is 122 Å². The number of carbonyl (C=O) groups is 3. The highest BCUT2D eigenvalue weighted by Crippen LogP contribution is 2.16. The standard InChI is InChI=1S/C28H51NO6/c1-2-3-4-5-6-7-8-9-10-11-12-13-14-15-16-17-18-22-29(23-19-26(30)31,24-20-27(32)33)25-21-28(34)35/h10-11H,2-9,12-25H2,1H3,(H2-,30,31,32,33,34,35)/b11-10+. The largest absolute Gasteiger partial charge is 0.550 e. The number of quaternary nitrogens is 1. The van der Waals surface area contributed by atoms with Crippen molar-refractivity contribution in [1.29, 1.82) is 0 Å². The summed E-state index contributed by atoms with van der Waals surface area (Å²) in [6.45, 7) is 3.57. The number of carboxylic acid groups (broad SMARTS) is 3. The Morgan fingerprint density at radius 2 is 1.00 bits per heavy atom. The smallest absolute Gasteiger partial charge is 0.309 e. The van der Waals surface area contributed by atoms with E-state index in [-0.39, 0.29) is 43.4 Å². The summed E-state index contributed by atoms with van der Waals surface area (Å²) >= 11 is 0. The third kappa shape index (κ3) is 22.3. The molecule has 0 fully saturated rings. The van der Waals surface area contributed by atoms with Crippen molar-refractivity contribution in [1.82, 2.24) is 0 Å². The van der Waals surface area contributed by atoms with Gasteiger partial charge in [0.2, 0.25) is 0 Å². The van der Waals surface area contributed by atoms with Gasteiger partial charge in [0.15, 0.2) is 0 Å². The number of carbonyl (C=O) groups excluding carboxylic acids is 1. The van der Waals surface area contributed by atoms with E-state index in [1.54, 1.807) is 0 Å². The molecule has 0 saturated heterocycles. The third-order valence-corrected chi connectivity index (χ3v) is 6.78. The van der Waals surface area contributed by atoms with Crippen LogP contribution in [0.25, 0.3) is 0 Å². The molecule has 0 aromatic carbocycles. The number of nitrogens with zero attached hydrogens (tertiary/aromatic N) is 1. The van der Waals surface area contributed by atoms with Crippen LogP contribution in [0.1, 0.15) is 122 Å². The molecule has 0 aromatic heterocycles. The van der Waals surface area contributed by atoms with Crippen molar-refractivity contribution in [3.05, 3.63) is 12.2 Å². The maximum absolute atomic E-state index is 11.1. The van der Waals surface area contributed by atoms with Gasteiger partial charge in [-0.05, 0) is 38.5 Å². The summed E-state index contributed by atoms with van der Waals surface area (Å²) in [7, 11) is 0. The van der Waals surface area contributed by atoms with Crippen LogP contribution < -0.4 is 5.11 Å². The van der Waals surface area contributed by atoms with Crippen LogP contribution in [0.2, 0.25) is 0 Å². The first kappa shape index (κ1) is 33.1. The lowest BCUT2D eigenvalue weighted by Gasteiger charge is -2.38. The molecule has 204 valence electrons. The first-order valence-electron chi connectivity index (χ1n) is 13.9. The Bertz CT molecular complexity index is 544. The van der Waals surface area contributed by atoms with E-state index >= 15 is 0 Å². The Hall–Kier alpha value is -1.89. The fraction of sp³-hybridized carbons (Fsp3) is 0.821. The van der Waals surface area contributed by atoms with Gasteiger partial charge >= 0.3 is 11.9 Å². The predicted octanol–water partition coefficient (Wildman–Crippen LogP) is 5.32. The highest BCUT2D eigenvalue weighted by Gasteiger charge is 2.28. The van der Waals surface area contributed by atoms with Gasteiger partial charge in [0.25, 0.3) is 0 Å². The molecule has 0 aliphatic heterocycles. The van der Waals surface area contributed by atoms with Crippen LogP contribution in [-0.4, -0.2) is 58.8 Å². The molecule has 0 heterocycles. The number of hydrogen-bond donors (Lipinski definition) is 2. The zero-order chi connectivity index (χ0) is 26.2. The number of carboxylic acids is 3. The summed E-state index contributed by atoms with van der Waals surface area (Å²) in [5.41, 5.74) is 0. The number of unbranched alkanes of at least 4 members (excludes halogenated alkanes) is 13. The van der Waals surface area contributed by atoms with E-state index in [0.29, 0.717) is 6.54 Å². The van der Waals surface area contributed by atoms with Gasteiger partial charge in [0.1, 0.15) is 0 Å². The normalized spacial score (nSPS) is 11.8. The van der Waals surface area contributed by atoms with Crippen molar-refractivity contribution in [3.8, 4) is 0 Å². The molecule has 0 unspecified atom stereocenters. The molecule has 0 aromatic rings. The van der Waals surface area contributed by atoms with E-state index in [0.717, 1.165) is 32.1 Å². The minimum atomic E-state index is -1.19. The van der Waals surface area contributed by atoms with Gasteiger partial charge in [-0.25, -0.2) is 0 Å². The van der Waals surface area contributed by atoms with E-state index in [1.165, 1.54) is 64.2 Å². The SMILES string of the molecule is CCCCCCCCC/C=C/CCCCCCCC[N+](CCC(=O)[O-])(CCC(=O)O)CCC(=O)O. The lowest BCUT2D eigenvalue weighted by molar-refractivity contribution is -0.927. The number of hydrogen-bond acceptors (Lipinski definition) is 4. The molecule has 0 saturated carbocycles. The molecule has 0 aliphatic carbocycles. The Kier molecular flexibility index (Phi) is 21.3. The Balaban J connectivity index is 4.07. The Labute approximate surface area is 213 Å². The Morgan fingerprint density at radius 1 is 0.600 bits per heavy atom. The molecule has 0 atom stereocenters.